The summed E-state index contributed by atoms with van der Waals surface area (Å²) in [5.74, 6) is 0.889. The van der Waals surface area contributed by atoms with Crippen molar-refractivity contribution in [2.45, 2.75) is 6.92 Å². The lowest BCUT2D eigenvalue weighted by Gasteiger charge is -2.06. The minimum absolute atomic E-state index is 0.889. The van der Waals surface area contributed by atoms with Crippen molar-refractivity contribution in [1.29, 1.82) is 0 Å². The number of benzene rings is 1. The molecule has 1 N–H and O–H groups in total. The van der Waals surface area contributed by atoms with Gasteiger partial charge in [0.25, 0.3) is 0 Å². The van der Waals surface area contributed by atoms with Crippen LogP contribution in [0.1, 0.15) is 5.56 Å². The number of rotatable bonds is 2. The van der Waals surface area contributed by atoms with Gasteiger partial charge in [0.05, 0.1) is 7.11 Å². The zero-order chi connectivity index (χ0) is 8.27. The molecular formula is C9H13NO. The van der Waals surface area contributed by atoms with Crippen molar-refractivity contribution in [3.8, 4) is 5.75 Å². The average Bonchev–Trinajstić information content (AvgIpc) is 2.05. The van der Waals surface area contributed by atoms with E-state index in [4.69, 9.17) is 4.74 Å². The van der Waals surface area contributed by atoms with Crippen LogP contribution in [0.5, 0.6) is 5.75 Å². The quantitative estimate of drug-likeness (QED) is 0.698. The minimum Gasteiger partial charge on any atom is -0.497 e. The van der Waals surface area contributed by atoms with Crippen LogP contribution in [-0.2, 0) is 0 Å². The molecule has 0 aliphatic heterocycles. The van der Waals surface area contributed by atoms with E-state index in [0.717, 1.165) is 11.4 Å². The summed E-state index contributed by atoms with van der Waals surface area (Å²) >= 11 is 0. The summed E-state index contributed by atoms with van der Waals surface area (Å²) in [6.45, 7) is 2.06. The van der Waals surface area contributed by atoms with Gasteiger partial charge in [-0.25, -0.2) is 0 Å². The molecule has 11 heavy (non-hydrogen) atoms. The molecule has 0 radical (unpaired) electrons. The monoisotopic (exact) mass is 151 g/mol. The molecule has 0 amide bonds. The van der Waals surface area contributed by atoms with E-state index in [2.05, 4.69) is 12.2 Å². The number of nitrogens with one attached hydrogen (secondary N) is 1. The van der Waals surface area contributed by atoms with Crippen LogP contribution in [-0.4, -0.2) is 14.2 Å². The van der Waals surface area contributed by atoms with Gasteiger partial charge < -0.3 is 10.1 Å². The zero-order valence-electron chi connectivity index (χ0n) is 7.14. The highest BCUT2D eigenvalue weighted by Gasteiger charge is 1.96. The molecule has 1 aromatic carbocycles. The van der Waals surface area contributed by atoms with Crippen LogP contribution in [0.4, 0.5) is 5.69 Å². The first kappa shape index (κ1) is 7.92. The zero-order valence-corrected chi connectivity index (χ0v) is 7.14. The molecule has 1 rings (SSSR count). The van der Waals surface area contributed by atoms with Crippen LogP contribution in [0.15, 0.2) is 18.2 Å². The number of hydrogen-bond donors (Lipinski definition) is 1. The first-order valence-corrected chi connectivity index (χ1v) is 3.60. The molecule has 0 aromatic heterocycles. The molecule has 1 aromatic rings. The molecular weight excluding hydrogens is 138 g/mol. The van der Waals surface area contributed by atoms with E-state index < -0.39 is 0 Å². The van der Waals surface area contributed by atoms with Crippen molar-refractivity contribution in [2.75, 3.05) is 19.5 Å². The van der Waals surface area contributed by atoms with Gasteiger partial charge in [-0.2, -0.15) is 0 Å². The molecule has 0 fully saturated rings. The Bertz CT molecular complexity index is 245. The standard InChI is InChI=1S/C9H13NO/c1-7-4-5-8(11-3)6-9(7)10-2/h4-6,10H,1-3H3. The molecule has 0 saturated carbocycles. The van der Waals surface area contributed by atoms with E-state index in [1.165, 1.54) is 5.56 Å². The average molecular weight is 151 g/mol. The second kappa shape index (κ2) is 3.28. The van der Waals surface area contributed by atoms with Crippen molar-refractivity contribution in [3.63, 3.8) is 0 Å². The fourth-order valence-corrected chi connectivity index (χ4v) is 0.997. The predicted molar refractivity (Wildman–Crippen MR) is 47.3 cm³/mol. The Kier molecular flexibility index (Phi) is 2.36. The van der Waals surface area contributed by atoms with Crippen molar-refractivity contribution < 1.29 is 4.74 Å². The van der Waals surface area contributed by atoms with Gasteiger partial charge in [0.15, 0.2) is 0 Å². The van der Waals surface area contributed by atoms with Crippen molar-refractivity contribution in [1.82, 2.24) is 0 Å². The van der Waals surface area contributed by atoms with E-state index in [0.29, 0.717) is 0 Å². The lowest BCUT2D eigenvalue weighted by molar-refractivity contribution is 0.415. The summed E-state index contributed by atoms with van der Waals surface area (Å²) in [5.41, 5.74) is 2.35. The van der Waals surface area contributed by atoms with Crippen LogP contribution in [0.3, 0.4) is 0 Å². The number of methoxy groups -OCH3 is 1. The fraction of sp³-hybridized carbons (Fsp3) is 0.333. The normalized spacial score (nSPS) is 9.36. The summed E-state index contributed by atoms with van der Waals surface area (Å²) in [7, 11) is 3.58. The molecule has 0 heterocycles. The second-order valence-corrected chi connectivity index (χ2v) is 2.43. The van der Waals surface area contributed by atoms with Gasteiger partial charge in [-0.05, 0) is 18.6 Å². The largest absolute Gasteiger partial charge is 0.497 e. The Hall–Kier alpha value is -1.18. The predicted octanol–water partition coefficient (Wildman–Crippen LogP) is 2.05. The van der Waals surface area contributed by atoms with Gasteiger partial charge in [0, 0.05) is 18.8 Å². The lowest BCUT2D eigenvalue weighted by atomic mass is 10.2. The molecule has 0 unspecified atom stereocenters. The molecule has 0 saturated heterocycles. The SMILES string of the molecule is CNc1cc(OC)ccc1C. The van der Waals surface area contributed by atoms with E-state index >= 15 is 0 Å². The molecule has 60 valence electrons. The topological polar surface area (TPSA) is 21.3 Å². The Balaban J connectivity index is 3.02. The Labute approximate surface area is 67.2 Å². The highest BCUT2D eigenvalue weighted by atomic mass is 16.5. The van der Waals surface area contributed by atoms with E-state index in [9.17, 15) is 0 Å². The highest BCUT2D eigenvalue weighted by molar-refractivity contribution is 5.53. The second-order valence-electron chi connectivity index (χ2n) is 2.43. The summed E-state index contributed by atoms with van der Waals surface area (Å²) < 4.78 is 5.07. The first-order chi connectivity index (χ1) is 5.27. The summed E-state index contributed by atoms with van der Waals surface area (Å²) in [4.78, 5) is 0. The van der Waals surface area contributed by atoms with Gasteiger partial charge >= 0.3 is 0 Å². The third-order valence-electron chi connectivity index (χ3n) is 1.71. The maximum Gasteiger partial charge on any atom is 0.120 e. The molecule has 0 bridgehead atoms. The third-order valence-corrected chi connectivity index (χ3v) is 1.71. The summed E-state index contributed by atoms with van der Waals surface area (Å²) in [6, 6.07) is 5.97. The third kappa shape index (κ3) is 1.64. The maximum atomic E-state index is 5.07. The van der Waals surface area contributed by atoms with E-state index in [1.54, 1.807) is 7.11 Å². The molecule has 0 spiro atoms. The summed E-state index contributed by atoms with van der Waals surface area (Å²) in [6.07, 6.45) is 0. The van der Waals surface area contributed by atoms with Crippen LogP contribution in [0, 0.1) is 6.92 Å². The van der Waals surface area contributed by atoms with Crippen LogP contribution < -0.4 is 10.1 Å². The minimum atomic E-state index is 0.889. The molecule has 2 heteroatoms. The van der Waals surface area contributed by atoms with Crippen LogP contribution >= 0.6 is 0 Å². The first-order valence-electron chi connectivity index (χ1n) is 3.60. The number of anilines is 1. The van der Waals surface area contributed by atoms with Gasteiger partial charge in [0.2, 0.25) is 0 Å². The highest BCUT2D eigenvalue weighted by Crippen LogP contribution is 2.20. The van der Waals surface area contributed by atoms with Gasteiger partial charge in [-0.15, -0.1) is 0 Å². The Morgan fingerprint density at radius 3 is 2.64 bits per heavy atom. The number of hydrogen-bond acceptors (Lipinski definition) is 2. The van der Waals surface area contributed by atoms with E-state index in [1.807, 2.05) is 25.2 Å². The Morgan fingerprint density at radius 1 is 1.36 bits per heavy atom. The van der Waals surface area contributed by atoms with Crippen LogP contribution in [0.25, 0.3) is 0 Å². The van der Waals surface area contributed by atoms with Crippen LogP contribution in [0.2, 0.25) is 0 Å². The van der Waals surface area contributed by atoms with Crippen molar-refractivity contribution >= 4 is 5.69 Å². The van der Waals surface area contributed by atoms with E-state index in [-0.39, 0.29) is 0 Å². The molecule has 0 aliphatic rings. The van der Waals surface area contributed by atoms with Crippen molar-refractivity contribution in [2.24, 2.45) is 0 Å². The molecule has 0 aliphatic carbocycles. The smallest absolute Gasteiger partial charge is 0.120 e. The fourth-order valence-electron chi connectivity index (χ4n) is 0.997. The molecule has 2 nitrogen and oxygen atoms in total. The number of ether oxygens (including phenoxy) is 1. The molecule has 0 atom stereocenters. The Morgan fingerprint density at radius 2 is 2.09 bits per heavy atom. The summed E-state index contributed by atoms with van der Waals surface area (Å²) in [5, 5.41) is 3.09. The van der Waals surface area contributed by atoms with Crippen molar-refractivity contribution in [3.05, 3.63) is 23.8 Å². The lowest BCUT2D eigenvalue weighted by Crippen LogP contribution is -1.92. The maximum absolute atomic E-state index is 5.07. The number of aryl methyl sites for hydroxylation is 1. The van der Waals surface area contributed by atoms with Gasteiger partial charge in [-0.3, -0.25) is 0 Å². The van der Waals surface area contributed by atoms with Gasteiger partial charge in [-0.1, -0.05) is 6.07 Å². The van der Waals surface area contributed by atoms with Gasteiger partial charge in [0.1, 0.15) is 5.75 Å².